The van der Waals surface area contributed by atoms with Gasteiger partial charge in [0.05, 0.1) is 6.54 Å². The molecule has 1 aliphatic rings. The number of hydrogen-bond donors (Lipinski definition) is 2. The Morgan fingerprint density at radius 3 is 2.35 bits per heavy atom. The maximum absolute atomic E-state index is 12.0. The lowest BCUT2D eigenvalue weighted by molar-refractivity contribution is -0.133. The van der Waals surface area contributed by atoms with Gasteiger partial charge in [0, 0.05) is 45.7 Å². The maximum Gasteiger partial charge on any atom is 0.234 e. The monoisotopic (exact) mass is 340 g/mol. The number of benzene rings is 1. The van der Waals surface area contributed by atoms with Crippen molar-refractivity contribution < 1.29 is 9.59 Å². The standard InChI is InChI=1S/C16H24N4O2.ClH/c17-7-6-16(22)20-10-8-19(9-11-20)13-15(21)18-12-14-4-2-1-3-5-14;/h1-5H,6-13,17H2,(H,18,21);1H. The van der Waals surface area contributed by atoms with E-state index in [2.05, 4.69) is 10.2 Å². The van der Waals surface area contributed by atoms with Crippen molar-refractivity contribution in [2.75, 3.05) is 39.3 Å². The molecule has 1 heterocycles. The van der Waals surface area contributed by atoms with Gasteiger partial charge in [-0.2, -0.15) is 0 Å². The second-order valence-electron chi connectivity index (χ2n) is 5.46. The molecule has 2 amide bonds. The van der Waals surface area contributed by atoms with Gasteiger partial charge in [0.1, 0.15) is 0 Å². The van der Waals surface area contributed by atoms with Crippen LogP contribution in [0.1, 0.15) is 12.0 Å². The average molecular weight is 341 g/mol. The van der Waals surface area contributed by atoms with E-state index in [9.17, 15) is 9.59 Å². The van der Waals surface area contributed by atoms with Crippen LogP contribution in [-0.4, -0.2) is 60.9 Å². The van der Waals surface area contributed by atoms with Crippen molar-refractivity contribution in [2.45, 2.75) is 13.0 Å². The summed E-state index contributed by atoms with van der Waals surface area (Å²) in [7, 11) is 0. The highest BCUT2D eigenvalue weighted by Gasteiger charge is 2.21. The van der Waals surface area contributed by atoms with Gasteiger partial charge in [0.2, 0.25) is 11.8 Å². The maximum atomic E-state index is 12.0. The number of nitrogens with two attached hydrogens (primary N) is 1. The van der Waals surface area contributed by atoms with E-state index in [1.54, 1.807) is 0 Å². The number of nitrogens with one attached hydrogen (secondary N) is 1. The number of carbonyl (C=O) groups is 2. The first-order valence-electron chi connectivity index (χ1n) is 7.70. The highest BCUT2D eigenvalue weighted by molar-refractivity contribution is 5.85. The molecule has 3 N–H and O–H groups in total. The summed E-state index contributed by atoms with van der Waals surface area (Å²) in [6, 6.07) is 9.85. The fraction of sp³-hybridized carbons (Fsp3) is 0.500. The molecule has 1 saturated heterocycles. The fourth-order valence-corrected chi connectivity index (χ4v) is 2.49. The van der Waals surface area contributed by atoms with E-state index in [4.69, 9.17) is 5.73 Å². The molecule has 1 aromatic rings. The molecule has 1 fully saturated rings. The summed E-state index contributed by atoms with van der Waals surface area (Å²) in [5.41, 5.74) is 6.49. The highest BCUT2D eigenvalue weighted by atomic mass is 35.5. The third kappa shape index (κ3) is 6.56. The van der Waals surface area contributed by atoms with Crippen LogP contribution >= 0.6 is 12.4 Å². The summed E-state index contributed by atoms with van der Waals surface area (Å²) in [4.78, 5) is 27.6. The van der Waals surface area contributed by atoms with Crippen LogP contribution in [-0.2, 0) is 16.1 Å². The minimum atomic E-state index is 0. The Balaban J connectivity index is 0.00000264. The first kappa shape index (κ1) is 19.4. The second kappa shape index (κ2) is 10.2. The van der Waals surface area contributed by atoms with Crippen molar-refractivity contribution in [3.05, 3.63) is 35.9 Å². The summed E-state index contributed by atoms with van der Waals surface area (Å²) in [5, 5.41) is 2.92. The molecule has 0 spiro atoms. The largest absolute Gasteiger partial charge is 0.351 e. The van der Waals surface area contributed by atoms with Crippen molar-refractivity contribution in [3.63, 3.8) is 0 Å². The van der Waals surface area contributed by atoms with Gasteiger partial charge in [-0.15, -0.1) is 12.4 Å². The van der Waals surface area contributed by atoms with Crippen molar-refractivity contribution in [1.82, 2.24) is 15.1 Å². The van der Waals surface area contributed by atoms with Crippen molar-refractivity contribution in [1.29, 1.82) is 0 Å². The van der Waals surface area contributed by atoms with Gasteiger partial charge < -0.3 is 16.0 Å². The average Bonchev–Trinajstić information content (AvgIpc) is 2.55. The number of halogens is 1. The van der Waals surface area contributed by atoms with Crippen LogP contribution in [0.2, 0.25) is 0 Å². The predicted octanol–water partition coefficient (Wildman–Crippen LogP) is 0.218. The number of rotatable bonds is 6. The zero-order valence-electron chi connectivity index (χ0n) is 13.2. The molecule has 23 heavy (non-hydrogen) atoms. The zero-order valence-corrected chi connectivity index (χ0v) is 14.1. The number of piperazine rings is 1. The van der Waals surface area contributed by atoms with Crippen LogP contribution in [0.5, 0.6) is 0 Å². The van der Waals surface area contributed by atoms with Gasteiger partial charge in [-0.05, 0) is 5.56 Å². The van der Waals surface area contributed by atoms with Gasteiger partial charge >= 0.3 is 0 Å². The fourth-order valence-electron chi connectivity index (χ4n) is 2.49. The van der Waals surface area contributed by atoms with E-state index in [0.717, 1.165) is 18.7 Å². The Labute approximate surface area is 143 Å². The third-order valence-electron chi connectivity index (χ3n) is 3.78. The minimum absolute atomic E-state index is 0. The molecule has 0 atom stereocenters. The molecule has 0 aliphatic carbocycles. The number of amides is 2. The molecular formula is C16H25ClN4O2. The Hall–Kier alpha value is -1.63. The van der Waals surface area contributed by atoms with E-state index in [0.29, 0.717) is 39.1 Å². The Bertz CT molecular complexity index is 490. The molecule has 2 rings (SSSR count). The summed E-state index contributed by atoms with van der Waals surface area (Å²) in [6.45, 7) is 4.13. The van der Waals surface area contributed by atoms with Crippen molar-refractivity contribution >= 4 is 24.2 Å². The van der Waals surface area contributed by atoms with Crippen molar-refractivity contribution in [3.8, 4) is 0 Å². The Morgan fingerprint density at radius 2 is 1.74 bits per heavy atom. The van der Waals surface area contributed by atoms with Crippen LogP contribution in [0, 0.1) is 0 Å². The van der Waals surface area contributed by atoms with E-state index in [-0.39, 0.29) is 24.2 Å². The quantitative estimate of drug-likeness (QED) is 0.776. The number of hydrogen-bond acceptors (Lipinski definition) is 4. The smallest absolute Gasteiger partial charge is 0.234 e. The lowest BCUT2D eigenvalue weighted by Crippen LogP contribution is -2.51. The van der Waals surface area contributed by atoms with Crippen LogP contribution in [0.3, 0.4) is 0 Å². The molecule has 1 aliphatic heterocycles. The van der Waals surface area contributed by atoms with Crippen LogP contribution < -0.4 is 11.1 Å². The summed E-state index contributed by atoms with van der Waals surface area (Å²) in [5.74, 6) is 0.126. The molecule has 0 bridgehead atoms. The molecule has 0 aromatic heterocycles. The molecular weight excluding hydrogens is 316 g/mol. The normalized spacial score (nSPS) is 14.9. The topological polar surface area (TPSA) is 78.7 Å². The van der Waals surface area contributed by atoms with E-state index < -0.39 is 0 Å². The van der Waals surface area contributed by atoms with Crippen LogP contribution in [0.4, 0.5) is 0 Å². The highest BCUT2D eigenvalue weighted by Crippen LogP contribution is 2.03. The molecule has 1 aromatic carbocycles. The first-order chi connectivity index (χ1) is 10.7. The summed E-state index contributed by atoms with van der Waals surface area (Å²) in [6.07, 6.45) is 0.400. The van der Waals surface area contributed by atoms with Crippen molar-refractivity contribution in [2.24, 2.45) is 5.73 Å². The molecule has 0 radical (unpaired) electrons. The van der Waals surface area contributed by atoms with E-state index >= 15 is 0 Å². The third-order valence-corrected chi connectivity index (χ3v) is 3.78. The van der Waals surface area contributed by atoms with Gasteiger partial charge in [0.15, 0.2) is 0 Å². The number of carbonyl (C=O) groups excluding carboxylic acids is 2. The van der Waals surface area contributed by atoms with E-state index in [1.165, 1.54) is 0 Å². The number of nitrogens with zero attached hydrogens (tertiary/aromatic N) is 2. The molecule has 0 saturated carbocycles. The minimum Gasteiger partial charge on any atom is -0.351 e. The SMILES string of the molecule is Cl.NCCC(=O)N1CCN(CC(=O)NCc2ccccc2)CC1. The van der Waals surface area contributed by atoms with E-state index in [1.807, 2.05) is 35.2 Å². The molecule has 128 valence electrons. The van der Waals surface area contributed by atoms with Gasteiger partial charge in [-0.3, -0.25) is 14.5 Å². The lowest BCUT2D eigenvalue weighted by atomic mass is 10.2. The van der Waals surface area contributed by atoms with Crippen LogP contribution in [0.15, 0.2) is 30.3 Å². The van der Waals surface area contributed by atoms with Gasteiger partial charge in [-0.1, -0.05) is 30.3 Å². The van der Waals surface area contributed by atoms with Crippen LogP contribution in [0.25, 0.3) is 0 Å². The molecule has 0 unspecified atom stereocenters. The zero-order chi connectivity index (χ0) is 15.8. The molecule has 6 nitrogen and oxygen atoms in total. The Kier molecular flexibility index (Phi) is 8.61. The van der Waals surface area contributed by atoms with Gasteiger partial charge in [0.25, 0.3) is 0 Å². The lowest BCUT2D eigenvalue weighted by Gasteiger charge is -2.34. The predicted molar refractivity (Wildman–Crippen MR) is 92.2 cm³/mol. The van der Waals surface area contributed by atoms with Gasteiger partial charge in [-0.25, -0.2) is 0 Å². The molecule has 7 heteroatoms. The summed E-state index contributed by atoms with van der Waals surface area (Å²) >= 11 is 0. The Morgan fingerprint density at radius 1 is 1.09 bits per heavy atom. The first-order valence-corrected chi connectivity index (χ1v) is 7.70. The second-order valence-corrected chi connectivity index (χ2v) is 5.46. The summed E-state index contributed by atoms with van der Waals surface area (Å²) < 4.78 is 0.